The highest BCUT2D eigenvalue weighted by molar-refractivity contribution is 5.65. The number of rotatable bonds is 9. The van der Waals surface area contributed by atoms with Gasteiger partial charge in [0.1, 0.15) is 0 Å². The highest BCUT2D eigenvalue weighted by atomic mass is 15.3. The molecule has 0 atom stereocenters. The summed E-state index contributed by atoms with van der Waals surface area (Å²) in [6.07, 6.45) is 6.98. The number of benzene rings is 1. The van der Waals surface area contributed by atoms with Crippen LogP contribution in [0, 0.1) is 12.8 Å². The second-order valence-electron chi connectivity index (χ2n) is 10.3. The first-order valence-corrected chi connectivity index (χ1v) is 13.5. The van der Waals surface area contributed by atoms with Gasteiger partial charge in [0, 0.05) is 81.6 Å². The Labute approximate surface area is 209 Å². The van der Waals surface area contributed by atoms with Crippen molar-refractivity contribution in [2.75, 3.05) is 52.4 Å². The molecule has 0 radical (unpaired) electrons. The van der Waals surface area contributed by atoms with Crippen LogP contribution in [0.5, 0.6) is 0 Å². The summed E-state index contributed by atoms with van der Waals surface area (Å²) in [4.78, 5) is 10.2. The summed E-state index contributed by atoms with van der Waals surface area (Å²) in [6.45, 7) is 27.9. The molecular weight excluding hydrogens is 416 g/mol. The van der Waals surface area contributed by atoms with Gasteiger partial charge in [-0.15, -0.1) is 0 Å². The SMILES string of the molecule is C=C(c1cc(CN2CCN(/C(C)=C/CC)CC2)ccc1C)N1CCN(/C(=C/CC)C(C)C)CC1. The van der Waals surface area contributed by atoms with Crippen LogP contribution in [-0.4, -0.2) is 72.0 Å². The zero-order valence-corrected chi connectivity index (χ0v) is 22.7. The van der Waals surface area contributed by atoms with Crippen molar-refractivity contribution in [2.45, 2.75) is 60.9 Å². The Morgan fingerprint density at radius 3 is 2.06 bits per heavy atom. The Balaban J connectivity index is 1.59. The highest BCUT2D eigenvalue weighted by Gasteiger charge is 2.23. The normalized spacial score (nSPS) is 18.7. The van der Waals surface area contributed by atoms with Crippen LogP contribution in [0.1, 0.15) is 64.2 Å². The van der Waals surface area contributed by atoms with Crippen molar-refractivity contribution in [3.63, 3.8) is 0 Å². The van der Waals surface area contributed by atoms with Crippen LogP contribution in [-0.2, 0) is 6.54 Å². The molecule has 1 aromatic rings. The molecule has 34 heavy (non-hydrogen) atoms. The van der Waals surface area contributed by atoms with E-state index >= 15 is 0 Å². The van der Waals surface area contributed by atoms with Gasteiger partial charge >= 0.3 is 0 Å². The molecule has 4 heteroatoms. The lowest BCUT2D eigenvalue weighted by Gasteiger charge is -2.40. The third kappa shape index (κ3) is 6.69. The average Bonchev–Trinajstić information content (AvgIpc) is 2.84. The summed E-state index contributed by atoms with van der Waals surface area (Å²) in [6, 6.07) is 7.00. The molecule has 2 aliphatic rings. The number of nitrogens with zero attached hydrogens (tertiary/aromatic N) is 4. The first kappa shape index (κ1) is 26.4. The molecule has 0 amide bonds. The summed E-state index contributed by atoms with van der Waals surface area (Å²) >= 11 is 0. The van der Waals surface area contributed by atoms with Crippen LogP contribution < -0.4 is 0 Å². The van der Waals surface area contributed by atoms with E-state index in [0.717, 1.165) is 71.7 Å². The van der Waals surface area contributed by atoms with Crippen molar-refractivity contribution < 1.29 is 0 Å². The van der Waals surface area contributed by atoms with Gasteiger partial charge in [-0.1, -0.05) is 58.6 Å². The smallest absolute Gasteiger partial charge is 0.0370 e. The van der Waals surface area contributed by atoms with Gasteiger partial charge < -0.3 is 14.7 Å². The van der Waals surface area contributed by atoms with E-state index in [9.17, 15) is 0 Å². The predicted octanol–water partition coefficient (Wildman–Crippen LogP) is 5.96. The van der Waals surface area contributed by atoms with E-state index in [1.165, 1.54) is 33.8 Å². The van der Waals surface area contributed by atoms with Gasteiger partial charge in [-0.2, -0.15) is 0 Å². The molecule has 0 unspecified atom stereocenters. The van der Waals surface area contributed by atoms with Crippen LogP contribution in [0.2, 0.25) is 0 Å². The van der Waals surface area contributed by atoms with Gasteiger partial charge in [0.2, 0.25) is 0 Å². The number of aryl methyl sites for hydroxylation is 1. The number of hydrogen-bond donors (Lipinski definition) is 0. The number of allylic oxidation sites excluding steroid dienone is 4. The minimum Gasteiger partial charge on any atom is -0.373 e. The Bertz CT molecular complexity index is 866. The summed E-state index contributed by atoms with van der Waals surface area (Å²) < 4.78 is 0. The molecule has 4 nitrogen and oxygen atoms in total. The molecule has 0 saturated carbocycles. The van der Waals surface area contributed by atoms with Crippen LogP contribution in [0.3, 0.4) is 0 Å². The van der Waals surface area contributed by atoms with E-state index in [-0.39, 0.29) is 0 Å². The zero-order valence-electron chi connectivity index (χ0n) is 22.7. The molecule has 0 N–H and O–H groups in total. The van der Waals surface area contributed by atoms with E-state index in [2.05, 4.69) is 98.1 Å². The minimum atomic E-state index is 0.585. The standard InChI is InChI=1S/C30H48N4/c1-8-10-26(6)32-16-14-31(15-17-32)23-28-13-12-25(5)29(22-28)27(7)33-18-20-34(21-19-33)30(11-9-2)24(3)4/h10-13,22,24H,7-9,14-21,23H2,1-6H3/b26-10+,30-11+. The lowest BCUT2D eigenvalue weighted by atomic mass is 10.0. The van der Waals surface area contributed by atoms with Crippen molar-refractivity contribution in [1.29, 1.82) is 0 Å². The summed E-state index contributed by atoms with van der Waals surface area (Å²) in [7, 11) is 0. The van der Waals surface area contributed by atoms with E-state index in [1.54, 1.807) is 0 Å². The molecule has 0 aromatic heterocycles. The molecule has 0 spiro atoms. The second-order valence-corrected chi connectivity index (χ2v) is 10.3. The number of hydrogen-bond acceptors (Lipinski definition) is 4. The van der Waals surface area contributed by atoms with Crippen LogP contribution in [0.25, 0.3) is 5.70 Å². The molecule has 188 valence electrons. The molecule has 0 aliphatic carbocycles. The summed E-state index contributed by atoms with van der Waals surface area (Å²) in [5, 5.41) is 0. The van der Waals surface area contributed by atoms with Gasteiger partial charge in [0.05, 0.1) is 0 Å². The van der Waals surface area contributed by atoms with Crippen molar-refractivity contribution in [3.8, 4) is 0 Å². The molecule has 2 heterocycles. The Kier molecular flexibility index (Phi) is 9.70. The molecule has 2 fully saturated rings. The maximum atomic E-state index is 4.55. The Hall–Kier alpha value is -2.20. The fraction of sp³-hybridized carbons (Fsp3) is 0.600. The van der Waals surface area contributed by atoms with E-state index in [1.807, 2.05) is 0 Å². The van der Waals surface area contributed by atoms with E-state index in [0.29, 0.717) is 5.92 Å². The maximum Gasteiger partial charge on any atom is 0.0370 e. The van der Waals surface area contributed by atoms with Crippen molar-refractivity contribution in [1.82, 2.24) is 19.6 Å². The lowest BCUT2D eigenvalue weighted by molar-refractivity contribution is 0.152. The van der Waals surface area contributed by atoms with E-state index < -0.39 is 0 Å². The number of piperazine rings is 2. The largest absolute Gasteiger partial charge is 0.373 e. The maximum absolute atomic E-state index is 4.55. The quantitative estimate of drug-likeness (QED) is 0.447. The molecule has 3 rings (SSSR count). The fourth-order valence-electron chi connectivity index (χ4n) is 5.36. The molecule has 0 bridgehead atoms. The fourth-order valence-corrected chi connectivity index (χ4v) is 5.36. The van der Waals surface area contributed by atoms with Gasteiger partial charge in [-0.3, -0.25) is 4.90 Å². The molecule has 2 saturated heterocycles. The monoisotopic (exact) mass is 464 g/mol. The summed E-state index contributed by atoms with van der Waals surface area (Å²) in [5.41, 5.74) is 8.18. The third-order valence-corrected chi connectivity index (χ3v) is 7.42. The van der Waals surface area contributed by atoms with Gasteiger partial charge in [0.25, 0.3) is 0 Å². The predicted molar refractivity (Wildman–Crippen MR) is 147 cm³/mol. The third-order valence-electron chi connectivity index (χ3n) is 7.42. The van der Waals surface area contributed by atoms with Crippen LogP contribution >= 0.6 is 0 Å². The van der Waals surface area contributed by atoms with Crippen LogP contribution in [0.4, 0.5) is 0 Å². The Morgan fingerprint density at radius 2 is 1.47 bits per heavy atom. The van der Waals surface area contributed by atoms with Crippen molar-refractivity contribution in [3.05, 3.63) is 65.0 Å². The van der Waals surface area contributed by atoms with Gasteiger partial charge in [-0.25, -0.2) is 0 Å². The molecule has 2 aliphatic heterocycles. The molecular formula is C30H48N4. The summed E-state index contributed by atoms with van der Waals surface area (Å²) in [5.74, 6) is 0.585. The average molecular weight is 465 g/mol. The topological polar surface area (TPSA) is 13.0 Å². The lowest BCUT2D eigenvalue weighted by Crippen LogP contribution is -2.45. The van der Waals surface area contributed by atoms with Crippen molar-refractivity contribution >= 4 is 5.70 Å². The van der Waals surface area contributed by atoms with E-state index in [4.69, 9.17) is 0 Å². The Morgan fingerprint density at radius 1 is 0.882 bits per heavy atom. The second kappa shape index (κ2) is 12.5. The van der Waals surface area contributed by atoms with Gasteiger partial charge in [-0.05, 0) is 49.8 Å². The molecule has 1 aromatic carbocycles. The first-order valence-electron chi connectivity index (χ1n) is 13.5. The first-order chi connectivity index (χ1) is 16.3. The highest BCUT2D eigenvalue weighted by Crippen LogP contribution is 2.26. The zero-order chi connectivity index (χ0) is 24.7. The minimum absolute atomic E-state index is 0.585. The van der Waals surface area contributed by atoms with Gasteiger partial charge in [0.15, 0.2) is 0 Å². The van der Waals surface area contributed by atoms with Crippen molar-refractivity contribution in [2.24, 2.45) is 5.92 Å². The van der Waals surface area contributed by atoms with Crippen LogP contribution in [0.15, 0.2) is 48.3 Å².